The molecule has 148 valence electrons. The van der Waals surface area contributed by atoms with Crippen LogP contribution in [0.25, 0.3) is 0 Å². The molecule has 28 heavy (non-hydrogen) atoms. The second-order valence-electron chi connectivity index (χ2n) is 7.09. The van der Waals surface area contributed by atoms with Crippen LogP contribution in [0.5, 0.6) is 0 Å². The predicted molar refractivity (Wildman–Crippen MR) is 113 cm³/mol. The first-order valence-corrected chi connectivity index (χ1v) is 11.9. The molecule has 0 radical (unpaired) electrons. The number of nitrogens with one attached hydrogen (secondary N) is 1. The van der Waals surface area contributed by atoms with Crippen molar-refractivity contribution in [3.63, 3.8) is 0 Å². The van der Waals surface area contributed by atoms with Crippen molar-refractivity contribution in [2.24, 2.45) is 0 Å². The monoisotopic (exact) mass is 416 g/mol. The number of hydrogen-bond donors (Lipinski definition) is 1. The highest BCUT2D eigenvalue weighted by molar-refractivity contribution is 7.91. The van der Waals surface area contributed by atoms with E-state index in [1.54, 1.807) is 16.2 Å². The second kappa shape index (κ2) is 8.91. The van der Waals surface area contributed by atoms with E-state index in [0.29, 0.717) is 6.42 Å². The van der Waals surface area contributed by atoms with Crippen molar-refractivity contribution in [2.75, 3.05) is 24.6 Å². The lowest BCUT2D eigenvalue weighted by molar-refractivity contribution is -0.123. The molecule has 1 fully saturated rings. The maximum atomic E-state index is 12.8. The van der Waals surface area contributed by atoms with Gasteiger partial charge in [0.1, 0.15) is 0 Å². The third-order valence-electron chi connectivity index (χ3n) is 4.91. The minimum absolute atomic E-state index is 0.0638. The lowest BCUT2D eigenvalue weighted by Gasteiger charge is -2.26. The van der Waals surface area contributed by atoms with E-state index < -0.39 is 9.84 Å². The van der Waals surface area contributed by atoms with Gasteiger partial charge >= 0.3 is 0 Å². The van der Waals surface area contributed by atoms with Crippen molar-refractivity contribution >= 4 is 27.1 Å². The van der Waals surface area contributed by atoms with E-state index in [9.17, 15) is 13.2 Å². The van der Waals surface area contributed by atoms with Gasteiger partial charge in [0.05, 0.1) is 30.6 Å². The first-order chi connectivity index (χ1) is 13.4. The Balaban J connectivity index is 1.74. The van der Waals surface area contributed by atoms with Crippen LogP contribution in [0.3, 0.4) is 0 Å². The fourth-order valence-corrected chi connectivity index (χ4v) is 5.98. The van der Waals surface area contributed by atoms with E-state index in [1.165, 1.54) is 0 Å². The van der Waals surface area contributed by atoms with Gasteiger partial charge in [0, 0.05) is 10.9 Å². The molecule has 7 heteroatoms. The Hall–Kier alpha value is -2.14. The summed E-state index contributed by atoms with van der Waals surface area (Å²) in [6, 6.07) is 11.6. The van der Waals surface area contributed by atoms with E-state index in [2.05, 4.69) is 11.2 Å². The Kier molecular flexibility index (Phi) is 6.55. The summed E-state index contributed by atoms with van der Waals surface area (Å²) in [4.78, 5) is 15.7. The van der Waals surface area contributed by atoms with Gasteiger partial charge in [0.2, 0.25) is 5.91 Å². The number of thiophene rings is 1. The smallest absolute Gasteiger partial charge is 0.234 e. The zero-order chi connectivity index (χ0) is 20.1. The number of nitrogens with zero attached hydrogens (tertiary/aromatic N) is 1. The molecule has 3 rings (SSSR count). The van der Waals surface area contributed by atoms with Crippen LogP contribution in [0.1, 0.15) is 28.5 Å². The summed E-state index contributed by atoms with van der Waals surface area (Å²) in [5, 5.41) is 5.08. The fourth-order valence-electron chi connectivity index (χ4n) is 3.42. The normalized spacial score (nSPS) is 19.2. The zero-order valence-corrected chi connectivity index (χ0v) is 17.4. The molecule has 0 aliphatic carbocycles. The maximum absolute atomic E-state index is 12.8. The highest BCUT2D eigenvalue weighted by atomic mass is 32.2. The van der Waals surface area contributed by atoms with Crippen molar-refractivity contribution < 1.29 is 13.2 Å². The van der Waals surface area contributed by atoms with Crippen LogP contribution in [0.15, 0.2) is 41.8 Å². The molecule has 0 spiro atoms. The molecule has 5 nitrogen and oxygen atoms in total. The Morgan fingerprint density at radius 1 is 1.36 bits per heavy atom. The van der Waals surface area contributed by atoms with E-state index >= 15 is 0 Å². The molecule has 2 unspecified atom stereocenters. The van der Waals surface area contributed by atoms with Gasteiger partial charge in [-0.05, 0) is 30.4 Å². The predicted octanol–water partition coefficient (Wildman–Crippen LogP) is 2.38. The van der Waals surface area contributed by atoms with Crippen LogP contribution in [-0.4, -0.2) is 49.9 Å². The molecule has 2 heterocycles. The summed E-state index contributed by atoms with van der Waals surface area (Å²) in [6.45, 7) is 2.36. The number of amides is 1. The fraction of sp³-hybridized carbons (Fsp3) is 0.381. The van der Waals surface area contributed by atoms with E-state index in [-0.39, 0.29) is 42.6 Å². The number of hydrogen-bond acceptors (Lipinski definition) is 5. The van der Waals surface area contributed by atoms with Crippen LogP contribution < -0.4 is 5.32 Å². The lowest BCUT2D eigenvalue weighted by atomic mass is 10.0. The van der Waals surface area contributed by atoms with Crippen molar-refractivity contribution in [2.45, 2.75) is 25.4 Å². The molecule has 1 N–H and O–H groups in total. The van der Waals surface area contributed by atoms with Crippen molar-refractivity contribution in [3.8, 4) is 12.3 Å². The summed E-state index contributed by atoms with van der Waals surface area (Å²) in [5.74, 6) is 2.60. The van der Waals surface area contributed by atoms with Crippen LogP contribution in [0, 0.1) is 19.3 Å². The van der Waals surface area contributed by atoms with Crippen molar-refractivity contribution in [1.29, 1.82) is 0 Å². The molecule has 2 aromatic rings. The quantitative estimate of drug-likeness (QED) is 0.704. The van der Waals surface area contributed by atoms with Gasteiger partial charge < -0.3 is 5.32 Å². The molecular weight excluding hydrogens is 392 g/mol. The van der Waals surface area contributed by atoms with Gasteiger partial charge in [-0.3, -0.25) is 9.69 Å². The van der Waals surface area contributed by atoms with E-state index in [4.69, 9.17) is 6.42 Å². The van der Waals surface area contributed by atoms with E-state index in [1.807, 2.05) is 48.7 Å². The average molecular weight is 417 g/mol. The first kappa shape index (κ1) is 20.6. The van der Waals surface area contributed by atoms with Crippen LogP contribution in [-0.2, 0) is 14.6 Å². The van der Waals surface area contributed by atoms with Crippen molar-refractivity contribution in [1.82, 2.24) is 10.2 Å². The minimum Gasteiger partial charge on any atom is -0.343 e. The second-order valence-corrected chi connectivity index (χ2v) is 10.3. The standard InChI is InChI=1S/C21H24N2O3S2/c1-3-11-23(18-10-13-28(25,26)15-18)14-20(24)22-21(19-5-4-12-27-19)17-8-6-16(2)7-9-17/h1,4-9,12,18,21H,10-11,13-15H2,2H3,(H,22,24). The summed E-state index contributed by atoms with van der Waals surface area (Å²) in [5.41, 5.74) is 2.16. The number of sulfone groups is 1. The van der Waals surface area contributed by atoms with Crippen LogP contribution >= 0.6 is 11.3 Å². The highest BCUT2D eigenvalue weighted by Crippen LogP contribution is 2.26. The van der Waals surface area contributed by atoms with Gasteiger partial charge in [-0.1, -0.05) is 41.8 Å². The first-order valence-electron chi connectivity index (χ1n) is 9.15. The molecule has 1 aliphatic heterocycles. The summed E-state index contributed by atoms with van der Waals surface area (Å²) < 4.78 is 23.6. The number of rotatable bonds is 7. The Bertz CT molecular complexity index is 945. The largest absolute Gasteiger partial charge is 0.343 e. The maximum Gasteiger partial charge on any atom is 0.234 e. The van der Waals surface area contributed by atoms with Gasteiger partial charge in [0.15, 0.2) is 9.84 Å². The molecule has 0 saturated carbocycles. The third-order valence-corrected chi connectivity index (χ3v) is 7.60. The molecule has 1 amide bonds. The summed E-state index contributed by atoms with van der Waals surface area (Å²) in [6.07, 6.45) is 5.97. The number of benzene rings is 1. The summed E-state index contributed by atoms with van der Waals surface area (Å²) in [7, 11) is -3.04. The Morgan fingerprint density at radius 2 is 2.11 bits per heavy atom. The molecule has 1 aromatic heterocycles. The number of terminal acetylenes is 1. The lowest BCUT2D eigenvalue weighted by Crippen LogP contribution is -2.44. The highest BCUT2D eigenvalue weighted by Gasteiger charge is 2.33. The van der Waals surface area contributed by atoms with Crippen LogP contribution in [0.4, 0.5) is 0 Å². The van der Waals surface area contributed by atoms with Gasteiger partial charge in [0.25, 0.3) is 0 Å². The molecule has 1 aromatic carbocycles. The zero-order valence-electron chi connectivity index (χ0n) is 15.8. The van der Waals surface area contributed by atoms with Gasteiger partial charge in [-0.25, -0.2) is 8.42 Å². The molecule has 0 bridgehead atoms. The molecule has 2 atom stereocenters. The Morgan fingerprint density at radius 3 is 2.68 bits per heavy atom. The number of aryl methyl sites for hydroxylation is 1. The number of carbonyl (C=O) groups excluding carboxylic acids is 1. The molecule has 1 saturated heterocycles. The molecular formula is C21H24N2O3S2. The van der Waals surface area contributed by atoms with Gasteiger partial charge in [-0.2, -0.15) is 0 Å². The molecule has 1 aliphatic rings. The minimum atomic E-state index is -3.04. The Labute approximate surface area is 170 Å². The SMILES string of the molecule is C#CCN(CC(=O)NC(c1ccc(C)cc1)c1cccs1)C1CCS(=O)(=O)C1. The summed E-state index contributed by atoms with van der Waals surface area (Å²) >= 11 is 1.59. The average Bonchev–Trinajstić information content (AvgIpc) is 3.30. The third kappa shape index (κ3) is 5.22. The van der Waals surface area contributed by atoms with E-state index in [0.717, 1.165) is 16.0 Å². The van der Waals surface area contributed by atoms with Crippen molar-refractivity contribution in [3.05, 3.63) is 57.8 Å². The topological polar surface area (TPSA) is 66.5 Å². The van der Waals surface area contributed by atoms with Crippen LogP contribution in [0.2, 0.25) is 0 Å². The van der Waals surface area contributed by atoms with Gasteiger partial charge in [-0.15, -0.1) is 17.8 Å². The number of carbonyl (C=O) groups is 1.